The van der Waals surface area contributed by atoms with E-state index in [1.54, 1.807) is 48.5 Å². The van der Waals surface area contributed by atoms with Crippen LogP contribution in [0, 0.1) is 0 Å². The van der Waals surface area contributed by atoms with Crippen LogP contribution in [0.3, 0.4) is 0 Å². The highest BCUT2D eigenvalue weighted by Gasteiger charge is 2.19. The van der Waals surface area contributed by atoms with Gasteiger partial charge in [0.1, 0.15) is 22.7 Å². The molecule has 9 nitrogen and oxygen atoms in total. The van der Waals surface area contributed by atoms with Crippen LogP contribution in [-0.2, 0) is 6.42 Å². The maximum Gasteiger partial charge on any atom is 0.339 e. The molecule has 0 aliphatic heterocycles. The second-order valence-corrected chi connectivity index (χ2v) is 14.3. The number of phenolic OH excluding ortho intramolecular Hbond substituents is 1. The fraction of sp³-hybridized carbons (Fsp3) is 0.391. The standard InChI is InChI=1S/C46H55N3O6/c1-2-3-4-5-6-7-8-9-10-11-12-13-14-19-29-47-45(52)39-32-41(37-22-17-18-23-38(37)43(39)50)55-30-28-33-24-26-35(27-25-33)48-49-42-36-21-16-15-20-34(36)31-40(44(42)51)46(53)54/h15-18,20-27,31-32,50-51H,2-14,19,28-30H2,1H3,(H,47,52)(H,53,54). The summed E-state index contributed by atoms with van der Waals surface area (Å²) in [6, 6.07) is 24.9. The summed E-state index contributed by atoms with van der Waals surface area (Å²) < 4.78 is 6.21. The van der Waals surface area contributed by atoms with E-state index in [0.717, 1.165) is 23.8 Å². The predicted molar refractivity (Wildman–Crippen MR) is 221 cm³/mol. The van der Waals surface area contributed by atoms with E-state index in [4.69, 9.17) is 4.74 Å². The van der Waals surface area contributed by atoms with Crippen LogP contribution >= 0.6 is 0 Å². The number of ether oxygens (including phenoxy) is 1. The van der Waals surface area contributed by atoms with Gasteiger partial charge in [-0.25, -0.2) is 4.79 Å². The van der Waals surface area contributed by atoms with E-state index in [2.05, 4.69) is 22.5 Å². The summed E-state index contributed by atoms with van der Waals surface area (Å²) in [6.45, 7) is 3.15. The number of benzene rings is 5. The van der Waals surface area contributed by atoms with Crippen molar-refractivity contribution in [3.8, 4) is 17.2 Å². The van der Waals surface area contributed by atoms with Crippen LogP contribution in [0.15, 0.2) is 95.2 Å². The molecular formula is C46H55N3O6. The lowest BCUT2D eigenvalue weighted by Gasteiger charge is -2.14. The SMILES string of the molecule is CCCCCCCCCCCCCCCCNC(=O)c1cc(OCCc2ccc(N=Nc3c(O)c(C(=O)O)cc4ccccc34)cc2)c2ccccc2c1O. The summed E-state index contributed by atoms with van der Waals surface area (Å²) in [6.07, 6.45) is 18.4. The predicted octanol–water partition coefficient (Wildman–Crippen LogP) is 12.4. The molecule has 0 fully saturated rings. The molecule has 1 amide bonds. The zero-order valence-electron chi connectivity index (χ0n) is 32.1. The van der Waals surface area contributed by atoms with Crippen molar-refractivity contribution >= 4 is 44.8 Å². The Labute approximate surface area is 324 Å². The summed E-state index contributed by atoms with van der Waals surface area (Å²) in [5.41, 5.74) is 1.56. The summed E-state index contributed by atoms with van der Waals surface area (Å²) >= 11 is 0. The molecule has 4 N–H and O–H groups in total. The number of carbonyl (C=O) groups is 2. The van der Waals surface area contributed by atoms with Gasteiger partial charge in [-0.05, 0) is 41.6 Å². The first-order chi connectivity index (χ1) is 26.9. The number of fused-ring (bicyclic) bond motifs is 2. The van der Waals surface area contributed by atoms with E-state index in [-0.39, 0.29) is 28.5 Å². The van der Waals surface area contributed by atoms with Gasteiger partial charge >= 0.3 is 5.97 Å². The lowest BCUT2D eigenvalue weighted by Crippen LogP contribution is -2.24. The monoisotopic (exact) mass is 745 g/mol. The van der Waals surface area contributed by atoms with Crippen molar-refractivity contribution in [3.63, 3.8) is 0 Å². The highest BCUT2D eigenvalue weighted by Crippen LogP contribution is 2.40. The van der Waals surface area contributed by atoms with Gasteiger partial charge in [-0.15, -0.1) is 5.11 Å². The van der Waals surface area contributed by atoms with E-state index < -0.39 is 11.7 Å². The summed E-state index contributed by atoms with van der Waals surface area (Å²) in [5, 5.41) is 45.2. The molecule has 0 bridgehead atoms. The number of unbranched alkanes of at least 4 members (excludes halogenated alkanes) is 13. The molecule has 5 aromatic rings. The zero-order chi connectivity index (χ0) is 38.8. The maximum absolute atomic E-state index is 13.2. The number of nitrogens with one attached hydrogen (secondary N) is 1. The third kappa shape index (κ3) is 11.8. The maximum atomic E-state index is 13.2. The molecule has 55 heavy (non-hydrogen) atoms. The summed E-state index contributed by atoms with van der Waals surface area (Å²) in [7, 11) is 0. The van der Waals surface area contributed by atoms with Crippen LogP contribution in [0.4, 0.5) is 11.4 Å². The Hall–Kier alpha value is -5.44. The molecule has 5 rings (SSSR count). The minimum Gasteiger partial charge on any atom is -0.506 e. The molecule has 9 heteroatoms. The van der Waals surface area contributed by atoms with Gasteiger partial charge in [-0.3, -0.25) is 4.79 Å². The van der Waals surface area contributed by atoms with Crippen LogP contribution < -0.4 is 10.1 Å². The summed E-state index contributed by atoms with van der Waals surface area (Å²) in [5.74, 6) is -1.53. The van der Waals surface area contributed by atoms with E-state index in [1.807, 2.05) is 30.3 Å². The van der Waals surface area contributed by atoms with E-state index in [1.165, 1.54) is 83.1 Å². The Morgan fingerprint density at radius 3 is 1.85 bits per heavy atom. The summed E-state index contributed by atoms with van der Waals surface area (Å²) in [4.78, 5) is 24.9. The average Bonchev–Trinajstić information content (AvgIpc) is 3.20. The van der Waals surface area contributed by atoms with Crippen molar-refractivity contribution in [1.29, 1.82) is 0 Å². The molecule has 0 aliphatic carbocycles. The molecule has 0 atom stereocenters. The van der Waals surface area contributed by atoms with Crippen LogP contribution in [0.1, 0.15) is 123 Å². The Balaban J connectivity index is 1.09. The molecule has 0 spiro atoms. The zero-order valence-corrected chi connectivity index (χ0v) is 32.1. The molecule has 0 aliphatic rings. The largest absolute Gasteiger partial charge is 0.506 e. The van der Waals surface area contributed by atoms with Gasteiger partial charge in [0, 0.05) is 29.1 Å². The average molecular weight is 746 g/mol. The fourth-order valence-electron chi connectivity index (χ4n) is 6.93. The van der Waals surface area contributed by atoms with Crippen LogP contribution in [-0.4, -0.2) is 40.3 Å². The molecule has 0 saturated heterocycles. The number of carboxylic acid groups (broad SMARTS) is 1. The van der Waals surface area contributed by atoms with E-state index >= 15 is 0 Å². The Morgan fingerprint density at radius 1 is 0.636 bits per heavy atom. The molecule has 5 aromatic carbocycles. The molecule has 0 unspecified atom stereocenters. The molecule has 290 valence electrons. The number of carboxylic acids is 1. The number of carbonyl (C=O) groups excluding carboxylic acids is 1. The van der Waals surface area contributed by atoms with Gasteiger partial charge < -0.3 is 25.4 Å². The minimum absolute atomic E-state index is 0.0536. The highest BCUT2D eigenvalue weighted by molar-refractivity contribution is 6.06. The minimum atomic E-state index is -1.25. The van der Waals surface area contributed by atoms with Crippen molar-refractivity contribution < 1.29 is 29.6 Å². The first-order valence-corrected chi connectivity index (χ1v) is 20.0. The van der Waals surface area contributed by atoms with Crippen molar-refractivity contribution in [2.45, 2.75) is 103 Å². The smallest absolute Gasteiger partial charge is 0.339 e. The van der Waals surface area contributed by atoms with Crippen LogP contribution in [0.25, 0.3) is 21.5 Å². The van der Waals surface area contributed by atoms with Crippen molar-refractivity contribution in [2.75, 3.05) is 13.2 Å². The van der Waals surface area contributed by atoms with Crippen LogP contribution in [0.2, 0.25) is 0 Å². The lowest BCUT2D eigenvalue weighted by atomic mass is 10.0. The molecule has 0 radical (unpaired) electrons. The second-order valence-electron chi connectivity index (χ2n) is 14.3. The number of hydrogen-bond acceptors (Lipinski definition) is 7. The first-order valence-electron chi connectivity index (χ1n) is 20.0. The highest BCUT2D eigenvalue weighted by atomic mass is 16.5. The number of amides is 1. The lowest BCUT2D eigenvalue weighted by molar-refractivity contribution is 0.0693. The molecular weight excluding hydrogens is 691 g/mol. The fourth-order valence-corrected chi connectivity index (χ4v) is 6.93. The van der Waals surface area contributed by atoms with Gasteiger partial charge in [-0.2, -0.15) is 5.11 Å². The quantitative estimate of drug-likeness (QED) is 0.0387. The Morgan fingerprint density at radius 2 is 1.22 bits per heavy atom. The van der Waals surface area contributed by atoms with Gasteiger partial charge in [0.25, 0.3) is 5.91 Å². The number of hydrogen-bond donors (Lipinski definition) is 4. The van der Waals surface area contributed by atoms with Gasteiger partial charge in [0.2, 0.25) is 0 Å². The number of nitrogens with zero attached hydrogens (tertiary/aromatic N) is 2. The van der Waals surface area contributed by atoms with E-state index in [0.29, 0.717) is 47.2 Å². The van der Waals surface area contributed by atoms with Gasteiger partial charge in [0.15, 0.2) is 5.75 Å². The number of phenols is 2. The number of azo groups is 1. The normalized spacial score (nSPS) is 11.4. The Kier molecular flexibility index (Phi) is 15.9. The molecule has 0 aromatic heterocycles. The van der Waals surface area contributed by atoms with Gasteiger partial charge in [0.05, 0.1) is 17.9 Å². The number of rotatable bonds is 23. The first kappa shape index (κ1) is 40.7. The second kappa shape index (κ2) is 21.4. The molecule has 0 heterocycles. The van der Waals surface area contributed by atoms with E-state index in [9.17, 15) is 24.9 Å². The third-order valence-electron chi connectivity index (χ3n) is 10.1. The molecule has 0 saturated carbocycles. The Bertz CT molecular complexity index is 2040. The van der Waals surface area contributed by atoms with Gasteiger partial charge in [-0.1, -0.05) is 151 Å². The van der Waals surface area contributed by atoms with Crippen molar-refractivity contribution in [3.05, 3.63) is 102 Å². The van der Waals surface area contributed by atoms with Crippen molar-refractivity contribution in [2.24, 2.45) is 10.2 Å². The van der Waals surface area contributed by atoms with Crippen LogP contribution in [0.5, 0.6) is 17.2 Å². The number of aromatic hydroxyl groups is 2. The topological polar surface area (TPSA) is 141 Å². The number of aromatic carboxylic acids is 1. The van der Waals surface area contributed by atoms with Crippen molar-refractivity contribution in [1.82, 2.24) is 5.32 Å². The third-order valence-corrected chi connectivity index (χ3v) is 10.1.